The summed E-state index contributed by atoms with van der Waals surface area (Å²) in [4.78, 5) is 33.1. The van der Waals surface area contributed by atoms with E-state index in [1.165, 1.54) is 9.44 Å². The highest BCUT2D eigenvalue weighted by Crippen LogP contribution is 2.36. The first-order valence-electron chi connectivity index (χ1n) is 10.6. The fourth-order valence-corrected chi connectivity index (χ4v) is 5.88. The van der Waals surface area contributed by atoms with Crippen molar-refractivity contribution in [1.29, 1.82) is 0 Å². The van der Waals surface area contributed by atoms with E-state index in [1.54, 1.807) is 25.2 Å². The molecule has 0 saturated carbocycles. The van der Waals surface area contributed by atoms with Crippen molar-refractivity contribution in [2.45, 2.75) is 52.6 Å². The van der Waals surface area contributed by atoms with Gasteiger partial charge in [0.1, 0.15) is 16.7 Å². The van der Waals surface area contributed by atoms with Gasteiger partial charge in [-0.3, -0.25) is 14.2 Å². The van der Waals surface area contributed by atoms with Crippen molar-refractivity contribution in [2.24, 2.45) is 5.92 Å². The molecule has 31 heavy (non-hydrogen) atoms. The monoisotopic (exact) mass is 439 g/mol. The Labute approximate surface area is 184 Å². The van der Waals surface area contributed by atoms with E-state index in [1.807, 2.05) is 18.2 Å². The summed E-state index contributed by atoms with van der Waals surface area (Å²) in [7, 11) is 0. The van der Waals surface area contributed by atoms with E-state index in [0.717, 1.165) is 35.2 Å². The molecule has 0 spiro atoms. The number of nitrogens with zero attached hydrogens (tertiary/aromatic N) is 2. The van der Waals surface area contributed by atoms with Gasteiger partial charge in [-0.2, -0.15) is 0 Å². The van der Waals surface area contributed by atoms with Gasteiger partial charge >= 0.3 is 0 Å². The molecule has 1 aromatic carbocycles. The summed E-state index contributed by atoms with van der Waals surface area (Å²) in [5, 5.41) is 3.63. The van der Waals surface area contributed by atoms with E-state index in [-0.39, 0.29) is 18.3 Å². The zero-order valence-corrected chi connectivity index (χ0v) is 18.7. The Morgan fingerprint density at radius 3 is 3.00 bits per heavy atom. The first-order valence-corrected chi connectivity index (χ1v) is 11.4. The molecule has 0 fully saturated rings. The van der Waals surface area contributed by atoms with E-state index < -0.39 is 6.04 Å². The number of ether oxygens (including phenoxy) is 2. The second kappa shape index (κ2) is 7.67. The van der Waals surface area contributed by atoms with Crippen molar-refractivity contribution < 1.29 is 14.3 Å². The van der Waals surface area contributed by atoms with Crippen LogP contribution in [0.3, 0.4) is 0 Å². The van der Waals surface area contributed by atoms with E-state index in [2.05, 4.69) is 12.2 Å². The van der Waals surface area contributed by atoms with Crippen LogP contribution in [0.1, 0.15) is 48.1 Å². The molecule has 8 heteroatoms. The van der Waals surface area contributed by atoms with Gasteiger partial charge in [-0.25, -0.2) is 4.98 Å². The van der Waals surface area contributed by atoms with Crippen LogP contribution in [-0.2, 0) is 24.2 Å². The lowest BCUT2D eigenvalue weighted by Crippen LogP contribution is -2.37. The number of aromatic nitrogens is 2. The van der Waals surface area contributed by atoms with Crippen LogP contribution in [0.15, 0.2) is 23.0 Å². The van der Waals surface area contributed by atoms with Crippen LogP contribution in [-0.4, -0.2) is 22.3 Å². The minimum Gasteiger partial charge on any atom is -0.454 e. The Balaban J connectivity index is 1.40. The Morgan fingerprint density at radius 2 is 2.16 bits per heavy atom. The van der Waals surface area contributed by atoms with Crippen molar-refractivity contribution in [3.8, 4) is 11.5 Å². The lowest BCUT2D eigenvalue weighted by atomic mass is 9.89. The minimum atomic E-state index is -0.656. The van der Waals surface area contributed by atoms with E-state index in [9.17, 15) is 9.59 Å². The SMILES string of the molecule is Cc1nc2sc3c(c2c(=O)n1C(C)C(=O)NCc1ccc2c(c1)OCO2)CCC(C)C3. The number of hydrogen-bond acceptors (Lipinski definition) is 6. The molecular formula is C23H25N3O4S. The van der Waals surface area contributed by atoms with Crippen molar-refractivity contribution >= 4 is 27.5 Å². The summed E-state index contributed by atoms with van der Waals surface area (Å²) in [6.07, 6.45) is 2.99. The largest absolute Gasteiger partial charge is 0.454 e. The Kier molecular flexibility index (Phi) is 4.97. The fraction of sp³-hybridized carbons (Fsp3) is 0.435. The van der Waals surface area contributed by atoms with E-state index in [0.29, 0.717) is 35.2 Å². The summed E-state index contributed by atoms with van der Waals surface area (Å²) in [6.45, 7) is 6.35. The Morgan fingerprint density at radius 1 is 1.35 bits per heavy atom. The van der Waals surface area contributed by atoms with Crippen LogP contribution in [0.2, 0.25) is 0 Å². The van der Waals surface area contributed by atoms with Gasteiger partial charge in [0, 0.05) is 11.4 Å². The number of hydrogen-bond donors (Lipinski definition) is 1. The normalized spacial score (nSPS) is 18.1. The van der Waals surface area contributed by atoms with Crippen LogP contribution in [0.4, 0.5) is 0 Å². The van der Waals surface area contributed by atoms with Gasteiger partial charge in [0.2, 0.25) is 12.7 Å². The summed E-state index contributed by atoms with van der Waals surface area (Å²) in [5.41, 5.74) is 1.93. The van der Waals surface area contributed by atoms with Crippen LogP contribution >= 0.6 is 11.3 Å². The molecule has 2 aliphatic rings. The smallest absolute Gasteiger partial charge is 0.263 e. The molecule has 2 atom stereocenters. The second-order valence-corrected chi connectivity index (χ2v) is 9.53. The van der Waals surface area contributed by atoms with E-state index >= 15 is 0 Å². The number of thiophene rings is 1. The molecule has 1 amide bonds. The number of fused-ring (bicyclic) bond motifs is 4. The lowest BCUT2D eigenvalue weighted by Gasteiger charge is -2.19. The first-order chi connectivity index (χ1) is 14.9. The minimum absolute atomic E-state index is 0.111. The third-order valence-corrected chi connectivity index (χ3v) is 7.36. The number of rotatable bonds is 4. The second-order valence-electron chi connectivity index (χ2n) is 8.45. The van der Waals surface area contributed by atoms with Crippen molar-refractivity contribution in [1.82, 2.24) is 14.9 Å². The number of amides is 1. The van der Waals surface area contributed by atoms with Gasteiger partial charge < -0.3 is 14.8 Å². The van der Waals surface area contributed by atoms with Crippen LogP contribution in [0, 0.1) is 12.8 Å². The summed E-state index contributed by atoms with van der Waals surface area (Å²) in [5.74, 6) is 2.36. The average Bonchev–Trinajstić information content (AvgIpc) is 3.34. The van der Waals surface area contributed by atoms with Crippen LogP contribution < -0.4 is 20.3 Å². The third kappa shape index (κ3) is 3.48. The summed E-state index contributed by atoms with van der Waals surface area (Å²) >= 11 is 1.63. The molecule has 2 aromatic heterocycles. The highest BCUT2D eigenvalue weighted by Gasteiger charge is 2.26. The molecule has 0 saturated heterocycles. The molecule has 1 aliphatic carbocycles. The number of carbonyl (C=O) groups is 1. The van der Waals surface area contributed by atoms with Gasteiger partial charge in [-0.05, 0) is 62.3 Å². The highest BCUT2D eigenvalue weighted by molar-refractivity contribution is 7.18. The number of benzene rings is 1. The van der Waals surface area contributed by atoms with Crippen molar-refractivity contribution in [3.05, 3.63) is 50.4 Å². The van der Waals surface area contributed by atoms with Gasteiger partial charge in [0.25, 0.3) is 5.56 Å². The van der Waals surface area contributed by atoms with E-state index in [4.69, 9.17) is 14.5 Å². The summed E-state index contributed by atoms with van der Waals surface area (Å²) < 4.78 is 12.2. The van der Waals surface area contributed by atoms with Gasteiger partial charge in [0.05, 0.1) is 5.39 Å². The van der Waals surface area contributed by atoms with Crippen molar-refractivity contribution in [2.75, 3.05) is 6.79 Å². The lowest BCUT2D eigenvalue weighted by molar-refractivity contribution is -0.124. The van der Waals surface area contributed by atoms with Crippen LogP contribution in [0.25, 0.3) is 10.2 Å². The standard InChI is InChI=1S/C23H25N3O4S/c1-12-4-6-16-19(8-12)31-22-20(16)23(28)26(14(3)25-22)13(2)21(27)24-10-15-5-7-17-18(9-15)30-11-29-17/h5,7,9,12-13H,4,6,8,10-11H2,1-3H3,(H,24,27). The molecule has 3 heterocycles. The zero-order chi connectivity index (χ0) is 21.7. The average molecular weight is 440 g/mol. The highest BCUT2D eigenvalue weighted by atomic mass is 32.1. The van der Waals surface area contributed by atoms with Crippen LogP contribution in [0.5, 0.6) is 11.5 Å². The van der Waals surface area contributed by atoms with Gasteiger partial charge in [-0.15, -0.1) is 11.3 Å². The molecule has 0 bridgehead atoms. The molecule has 1 N–H and O–H groups in total. The molecule has 162 valence electrons. The molecule has 5 rings (SSSR count). The molecule has 1 aliphatic heterocycles. The van der Waals surface area contributed by atoms with Gasteiger partial charge in [-0.1, -0.05) is 13.0 Å². The molecular weight excluding hydrogens is 414 g/mol. The Bertz CT molecular complexity index is 1250. The predicted octanol–water partition coefficient (Wildman–Crippen LogP) is 3.50. The topological polar surface area (TPSA) is 82.5 Å². The quantitative estimate of drug-likeness (QED) is 0.673. The maximum atomic E-state index is 13.4. The molecule has 7 nitrogen and oxygen atoms in total. The Hall–Kier alpha value is -2.87. The number of aryl methyl sites for hydroxylation is 2. The van der Waals surface area contributed by atoms with Crippen molar-refractivity contribution in [3.63, 3.8) is 0 Å². The fourth-order valence-electron chi connectivity index (χ4n) is 4.47. The number of nitrogens with one attached hydrogen (secondary N) is 1. The molecule has 2 unspecified atom stereocenters. The maximum Gasteiger partial charge on any atom is 0.263 e. The number of carbonyl (C=O) groups excluding carboxylic acids is 1. The predicted molar refractivity (Wildman–Crippen MR) is 119 cm³/mol. The third-order valence-electron chi connectivity index (χ3n) is 6.21. The van der Waals surface area contributed by atoms with Gasteiger partial charge in [0.15, 0.2) is 11.5 Å². The first kappa shape index (κ1) is 20.1. The summed E-state index contributed by atoms with van der Waals surface area (Å²) in [6, 6.07) is 4.93. The molecule has 3 aromatic rings. The molecule has 0 radical (unpaired) electrons. The maximum absolute atomic E-state index is 13.4. The zero-order valence-electron chi connectivity index (χ0n) is 17.9.